The quantitative estimate of drug-likeness (QED) is 0.485. The number of para-hydroxylation sites is 1. The zero-order valence-corrected chi connectivity index (χ0v) is 12.7. The van der Waals surface area contributed by atoms with Crippen molar-refractivity contribution in [2.75, 3.05) is 5.32 Å². The lowest BCUT2D eigenvalue weighted by molar-refractivity contribution is -0.384. The molecule has 2 N–H and O–H groups in total. The highest BCUT2D eigenvalue weighted by Crippen LogP contribution is 2.34. The van der Waals surface area contributed by atoms with Gasteiger partial charge in [-0.1, -0.05) is 33.6 Å². The summed E-state index contributed by atoms with van der Waals surface area (Å²) in [4.78, 5) is 22.3. The molecule has 21 heavy (non-hydrogen) atoms. The van der Waals surface area contributed by atoms with Crippen LogP contribution in [-0.4, -0.2) is 15.9 Å². The largest absolute Gasteiger partial charge is 0.505 e. The van der Waals surface area contributed by atoms with Crippen LogP contribution < -0.4 is 5.32 Å². The first-order valence-electron chi connectivity index (χ1n) is 5.63. The summed E-state index contributed by atoms with van der Waals surface area (Å²) < 4.78 is 0.692. The van der Waals surface area contributed by atoms with Gasteiger partial charge < -0.3 is 10.4 Å². The van der Waals surface area contributed by atoms with Crippen LogP contribution in [0, 0.1) is 10.1 Å². The molecule has 0 aromatic heterocycles. The summed E-state index contributed by atoms with van der Waals surface area (Å²) in [6.07, 6.45) is 0. The topological polar surface area (TPSA) is 92.5 Å². The van der Waals surface area contributed by atoms with Crippen molar-refractivity contribution in [3.8, 4) is 5.75 Å². The van der Waals surface area contributed by atoms with Crippen LogP contribution in [-0.2, 0) is 0 Å². The van der Waals surface area contributed by atoms with Crippen molar-refractivity contribution in [2.24, 2.45) is 0 Å². The number of phenols is 1. The zero-order valence-electron chi connectivity index (χ0n) is 10.3. The third-order valence-electron chi connectivity index (χ3n) is 2.63. The minimum Gasteiger partial charge on any atom is -0.505 e. The summed E-state index contributed by atoms with van der Waals surface area (Å²) >= 11 is 9.15. The Morgan fingerprint density at radius 1 is 1.33 bits per heavy atom. The number of hydrogen-bond donors (Lipinski definition) is 2. The van der Waals surface area contributed by atoms with Crippen LogP contribution in [0.5, 0.6) is 5.75 Å². The normalized spacial score (nSPS) is 10.2. The predicted octanol–water partition coefficient (Wildman–Crippen LogP) is 3.97. The Bertz CT molecular complexity index is 736. The highest BCUT2D eigenvalue weighted by molar-refractivity contribution is 9.10. The second-order valence-electron chi connectivity index (χ2n) is 4.01. The van der Waals surface area contributed by atoms with Gasteiger partial charge in [0.2, 0.25) is 0 Å². The molecule has 2 aromatic rings. The molecule has 0 saturated carbocycles. The number of anilines is 1. The molecule has 0 aliphatic heterocycles. The summed E-state index contributed by atoms with van der Waals surface area (Å²) in [5.74, 6) is -1.05. The molecular weight excluding hydrogens is 364 g/mol. The molecule has 0 aliphatic rings. The van der Waals surface area contributed by atoms with Gasteiger partial charge in [0.1, 0.15) is 5.75 Å². The van der Waals surface area contributed by atoms with E-state index in [0.717, 1.165) is 0 Å². The van der Waals surface area contributed by atoms with Gasteiger partial charge in [-0.3, -0.25) is 14.9 Å². The molecule has 2 rings (SSSR count). The molecule has 108 valence electrons. The Hall–Kier alpha value is -2.12. The Kier molecular flexibility index (Phi) is 4.44. The van der Waals surface area contributed by atoms with Gasteiger partial charge in [0, 0.05) is 10.5 Å². The molecular formula is C13H8BrClN2O4. The minimum absolute atomic E-state index is 0.136. The molecule has 0 spiro atoms. The standard InChI is InChI=1S/C13H8BrClN2O4/c14-7-4-5-8(9(15)6-7)13(19)16-12-10(17(20)21)2-1-3-11(12)18/h1-6,18H,(H,16,19). The Morgan fingerprint density at radius 3 is 2.67 bits per heavy atom. The number of benzene rings is 2. The van der Waals surface area contributed by atoms with Crippen molar-refractivity contribution in [3.63, 3.8) is 0 Å². The van der Waals surface area contributed by atoms with Gasteiger partial charge in [-0.15, -0.1) is 0 Å². The molecule has 0 atom stereocenters. The van der Waals surface area contributed by atoms with E-state index in [0.29, 0.717) is 4.47 Å². The van der Waals surface area contributed by atoms with Gasteiger partial charge in [0.15, 0.2) is 5.69 Å². The Morgan fingerprint density at radius 2 is 2.05 bits per heavy atom. The molecule has 0 heterocycles. The first-order chi connectivity index (χ1) is 9.90. The summed E-state index contributed by atoms with van der Waals surface area (Å²) in [5, 5.41) is 23.1. The van der Waals surface area contributed by atoms with Gasteiger partial charge in [-0.25, -0.2) is 0 Å². The van der Waals surface area contributed by atoms with Crippen molar-refractivity contribution in [3.05, 3.63) is 61.6 Å². The number of nitrogens with zero attached hydrogens (tertiary/aromatic N) is 1. The number of phenolic OH excluding ortho intramolecular Hbond substituents is 1. The van der Waals surface area contributed by atoms with Crippen LogP contribution in [0.3, 0.4) is 0 Å². The summed E-state index contributed by atoms with van der Waals surface area (Å²) in [7, 11) is 0. The van der Waals surface area contributed by atoms with Gasteiger partial charge in [0.25, 0.3) is 11.6 Å². The molecule has 1 amide bonds. The molecule has 0 unspecified atom stereocenters. The third-order valence-corrected chi connectivity index (χ3v) is 3.44. The number of aromatic hydroxyl groups is 1. The fourth-order valence-corrected chi connectivity index (χ4v) is 2.42. The van der Waals surface area contributed by atoms with E-state index in [2.05, 4.69) is 21.2 Å². The second kappa shape index (κ2) is 6.11. The summed E-state index contributed by atoms with van der Waals surface area (Å²) in [6, 6.07) is 8.34. The van der Waals surface area contributed by atoms with E-state index in [4.69, 9.17) is 11.6 Å². The molecule has 0 saturated heterocycles. The molecule has 2 aromatic carbocycles. The Labute approximate surface area is 132 Å². The second-order valence-corrected chi connectivity index (χ2v) is 5.33. The van der Waals surface area contributed by atoms with Crippen LogP contribution in [0.15, 0.2) is 40.9 Å². The fraction of sp³-hybridized carbons (Fsp3) is 0. The number of nitrogens with one attached hydrogen (secondary N) is 1. The smallest absolute Gasteiger partial charge is 0.296 e. The van der Waals surface area contributed by atoms with E-state index < -0.39 is 22.3 Å². The van der Waals surface area contributed by atoms with Crippen molar-refractivity contribution in [2.45, 2.75) is 0 Å². The number of rotatable bonds is 3. The van der Waals surface area contributed by atoms with E-state index in [1.807, 2.05) is 0 Å². The molecule has 0 bridgehead atoms. The van der Waals surface area contributed by atoms with Crippen molar-refractivity contribution in [1.29, 1.82) is 0 Å². The fourth-order valence-electron chi connectivity index (χ4n) is 1.66. The molecule has 0 aliphatic carbocycles. The number of carbonyl (C=O) groups is 1. The van der Waals surface area contributed by atoms with Crippen LogP contribution in [0.25, 0.3) is 0 Å². The van der Waals surface area contributed by atoms with E-state index in [1.165, 1.54) is 30.3 Å². The van der Waals surface area contributed by atoms with Crippen LogP contribution >= 0.6 is 27.5 Å². The predicted molar refractivity (Wildman–Crippen MR) is 81.9 cm³/mol. The number of nitro benzene ring substituents is 1. The Balaban J connectivity index is 2.38. The highest BCUT2D eigenvalue weighted by Gasteiger charge is 2.21. The van der Waals surface area contributed by atoms with Crippen LogP contribution in [0.1, 0.15) is 10.4 Å². The monoisotopic (exact) mass is 370 g/mol. The lowest BCUT2D eigenvalue weighted by Crippen LogP contribution is -2.13. The average Bonchev–Trinajstić information content (AvgIpc) is 2.40. The number of carbonyl (C=O) groups excluding carboxylic acids is 1. The molecule has 6 nitrogen and oxygen atoms in total. The minimum atomic E-state index is -0.696. The number of halogens is 2. The van der Waals surface area contributed by atoms with Crippen LogP contribution in [0.4, 0.5) is 11.4 Å². The zero-order chi connectivity index (χ0) is 15.6. The SMILES string of the molecule is O=C(Nc1c(O)cccc1[N+](=O)[O-])c1ccc(Br)cc1Cl. The van der Waals surface area contributed by atoms with Crippen LogP contribution in [0.2, 0.25) is 5.02 Å². The van der Waals surface area contributed by atoms with Gasteiger partial charge in [-0.05, 0) is 24.3 Å². The average molecular weight is 372 g/mol. The van der Waals surface area contributed by atoms with Gasteiger partial charge >= 0.3 is 0 Å². The van der Waals surface area contributed by atoms with E-state index in [1.54, 1.807) is 6.07 Å². The van der Waals surface area contributed by atoms with Crippen molar-refractivity contribution in [1.82, 2.24) is 0 Å². The molecule has 0 fully saturated rings. The maximum Gasteiger partial charge on any atom is 0.296 e. The van der Waals surface area contributed by atoms with E-state index in [9.17, 15) is 20.0 Å². The maximum atomic E-state index is 12.1. The summed E-state index contributed by atoms with van der Waals surface area (Å²) in [6.45, 7) is 0. The first kappa shape index (κ1) is 15.3. The third kappa shape index (κ3) is 3.32. The number of hydrogen-bond acceptors (Lipinski definition) is 4. The van der Waals surface area contributed by atoms with Crippen molar-refractivity contribution >= 4 is 44.8 Å². The van der Waals surface area contributed by atoms with Gasteiger partial charge in [-0.2, -0.15) is 0 Å². The first-order valence-corrected chi connectivity index (χ1v) is 6.80. The van der Waals surface area contributed by atoms with Gasteiger partial charge in [0.05, 0.1) is 15.5 Å². The molecule has 0 radical (unpaired) electrons. The highest BCUT2D eigenvalue weighted by atomic mass is 79.9. The summed E-state index contributed by atoms with van der Waals surface area (Å²) in [5.41, 5.74) is -0.541. The molecule has 8 heteroatoms. The lowest BCUT2D eigenvalue weighted by Gasteiger charge is -2.09. The maximum absolute atomic E-state index is 12.1. The van der Waals surface area contributed by atoms with E-state index in [-0.39, 0.29) is 16.3 Å². The number of nitro groups is 1. The lowest BCUT2D eigenvalue weighted by atomic mass is 10.2. The van der Waals surface area contributed by atoms with E-state index >= 15 is 0 Å². The number of amides is 1. The van der Waals surface area contributed by atoms with Crippen molar-refractivity contribution < 1.29 is 14.8 Å².